The highest BCUT2D eigenvalue weighted by molar-refractivity contribution is 6.04. The van der Waals surface area contributed by atoms with Crippen molar-refractivity contribution < 1.29 is 9.59 Å². The van der Waals surface area contributed by atoms with Crippen LogP contribution in [0, 0.1) is 0 Å². The van der Waals surface area contributed by atoms with Gasteiger partial charge in [-0.2, -0.15) is 0 Å². The zero-order valence-electron chi connectivity index (χ0n) is 17.4. The number of hydrogen-bond acceptors (Lipinski definition) is 3. The Morgan fingerprint density at radius 3 is 2.88 bits per heavy atom. The van der Waals surface area contributed by atoms with E-state index in [0.29, 0.717) is 18.7 Å². The number of allylic oxidation sites excluding steroid dienone is 4. The highest BCUT2D eigenvalue weighted by Gasteiger charge is 2.17. The van der Waals surface area contributed by atoms with E-state index >= 15 is 0 Å². The fraction of sp³-hybridized carbons (Fsp3) is 0.115. The average molecular weight is 422 g/mol. The highest BCUT2D eigenvalue weighted by Crippen LogP contribution is 2.14. The number of carbonyl (C=O) groups excluding carboxylic acids is 2. The van der Waals surface area contributed by atoms with Crippen molar-refractivity contribution in [3.05, 3.63) is 126 Å². The van der Waals surface area contributed by atoms with Crippen molar-refractivity contribution in [1.29, 1.82) is 0 Å². The molecule has 158 valence electrons. The van der Waals surface area contributed by atoms with Crippen molar-refractivity contribution in [3.63, 3.8) is 0 Å². The minimum absolute atomic E-state index is 0.262. The first-order valence-corrected chi connectivity index (χ1v) is 10.3. The summed E-state index contributed by atoms with van der Waals surface area (Å²) >= 11 is 0. The Hall–Kier alpha value is -4.37. The van der Waals surface area contributed by atoms with Gasteiger partial charge in [-0.3, -0.25) is 14.5 Å². The lowest BCUT2D eigenvalue weighted by molar-refractivity contribution is -0.122. The number of benzene rings is 1. The second-order valence-corrected chi connectivity index (χ2v) is 7.20. The lowest BCUT2D eigenvalue weighted by atomic mass is 10.2. The maximum atomic E-state index is 12.7. The number of nitrogens with one attached hydrogen (secondary N) is 1. The Morgan fingerprint density at radius 2 is 2.00 bits per heavy atom. The summed E-state index contributed by atoms with van der Waals surface area (Å²) < 4.78 is 2.06. The van der Waals surface area contributed by atoms with Crippen LogP contribution < -0.4 is 5.32 Å². The maximum absolute atomic E-state index is 12.7. The van der Waals surface area contributed by atoms with Gasteiger partial charge in [-0.15, -0.1) is 11.5 Å². The number of amides is 2. The summed E-state index contributed by atoms with van der Waals surface area (Å²) in [6.07, 6.45) is 17.4. The van der Waals surface area contributed by atoms with Crippen molar-refractivity contribution in [2.75, 3.05) is 6.54 Å². The van der Waals surface area contributed by atoms with Crippen LogP contribution in [0.4, 0.5) is 0 Å². The largest absolute Gasteiger partial charge is 0.352 e. The van der Waals surface area contributed by atoms with Gasteiger partial charge in [0.25, 0.3) is 11.8 Å². The van der Waals surface area contributed by atoms with E-state index in [2.05, 4.69) is 38.5 Å². The predicted octanol–water partition coefficient (Wildman–Crippen LogP) is 3.19. The monoisotopic (exact) mass is 422 g/mol. The molecule has 32 heavy (non-hydrogen) atoms. The zero-order chi connectivity index (χ0) is 22.2. The SMILES string of the molecule is O=C(NCCc1cncn1Cc1ccccc1)C1=CC(=O)N(C2=CC=C=CC=C2)C=C=C1. The average Bonchev–Trinajstić information content (AvgIpc) is 2.98. The van der Waals surface area contributed by atoms with Crippen molar-refractivity contribution in [3.8, 4) is 0 Å². The van der Waals surface area contributed by atoms with Crippen molar-refractivity contribution in [2.24, 2.45) is 0 Å². The van der Waals surface area contributed by atoms with Crippen LogP contribution in [0.15, 0.2) is 114 Å². The van der Waals surface area contributed by atoms with E-state index in [1.54, 1.807) is 42.9 Å². The number of aromatic nitrogens is 2. The van der Waals surface area contributed by atoms with E-state index in [1.165, 1.54) is 28.8 Å². The Morgan fingerprint density at radius 1 is 1.12 bits per heavy atom. The van der Waals surface area contributed by atoms with Gasteiger partial charge < -0.3 is 9.88 Å². The quantitative estimate of drug-likeness (QED) is 0.697. The van der Waals surface area contributed by atoms with Crippen LogP contribution in [-0.4, -0.2) is 32.8 Å². The van der Waals surface area contributed by atoms with Gasteiger partial charge in [0.15, 0.2) is 0 Å². The number of nitrogens with zero attached hydrogens (tertiary/aromatic N) is 3. The van der Waals surface area contributed by atoms with Crippen LogP contribution in [0.1, 0.15) is 11.3 Å². The molecule has 0 saturated carbocycles. The lowest BCUT2D eigenvalue weighted by Gasteiger charge is -2.15. The van der Waals surface area contributed by atoms with E-state index in [1.807, 2.05) is 18.2 Å². The maximum Gasteiger partial charge on any atom is 0.256 e. The van der Waals surface area contributed by atoms with E-state index in [-0.39, 0.29) is 17.4 Å². The molecule has 0 spiro atoms. The first-order valence-electron chi connectivity index (χ1n) is 10.3. The van der Waals surface area contributed by atoms with Gasteiger partial charge in [-0.25, -0.2) is 4.98 Å². The molecule has 1 aromatic heterocycles. The molecule has 2 aliphatic rings. The van der Waals surface area contributed by atoms with Gasteiger partial charge in [0.05, 0.1) is 18.1 Å². The molecule has 0 bridgehead atoms. The van der Waals surface area contributed by atoms with Gasteiger partial charge in [0.2, 0.25) is 0 Å². The van der Waals surface area contributed by atoms with E-state index in [4.69, 9.17) is 0 Å². The molecule has 1 aliphatic heterocycles. The van der Waals surface area contributed by atoms with E-state index < -0.39 is 0 Å². The van der Waals surface area contributed by atoms with Gasteiger partial charge in [0.1, 0.15) is 0 Å². The normalized spacial score (nSPS) is 14.8. The minimum atomic E-state index is -0.317. The van der Waals surface area contributed by atoms with E-state index in [9.17, 15) is 9.59 Å². The second-order valence-electron chi connectivity index (χ2n) is 7.20. The summed E-state index contributed by atoms with van der Waals surface area (Å²) in [5.41, 5.74) is 9.00. The third-order valence-corrected chi connectivity index (χ3v) is 4.97. The summed E-state index contributed by atoms with van der Waals surface area (Å²) in [5.74, 6) is -0.634. The molecular formula is C26H22N4O2. The molecule has 1 N–H and O–H groups in total. The van der Waals surface area contributed by atoms with Crippen LogP contribution in [0.3, 0.4) is 0 Å². The van der Waals surface area contributed by atoms with Crippen LogP contribution in [-0.2, 0) is 22.6 Å². The highest BCUT2D eigenvalue weighted by atomic mass is 16.2. The van der Waals surface area contributed by atoms with Crippen molar-refractivity contribution in [1.82, 2.24) is 19.8 Å². The molecule has 2 aromatic rings. The molecule has 1 aromatic carbocycles. The molecule has 0 unspecified atom stereocenters. The number of carbonyl (C=O) groups is 2. The van der Waals surface area contributed by atoms with Crippen LogP contribution >= 0.6 is 0 Å². The van der Waals surface area contributed by atoms with Gasteiger partial charge in [-0.05, 0) is 35.9 Å². The second kappa shape index (κ2) is 10.1. The van der Waals surface area contributed by atoms with Gasteiger partial charge in [-0.1, -0.05) is 36.4 Å². The van der Waals surface area contributed by atoms with E-state index in [0.717, 1.165) is 12.2 Å². The molecule has 4 rings (SSSR count). The molecule has 1 aliphatic carbocycles. The molecule has 6 heteroatoms. The smallest absolute Gasteiger partial charge is 0.256 e. The van der Waals surface area contributed by atoms with Crippen LogP contribution in [0.25, 0.3) is 0 Å². The Balaban J connectivity index is 1.35. The molecule has 0 radical (unpaired) electrons. The Bertz CT molecular complexity index is 1230. The molecule has 6 nitrogen and oxygen atoms in total. The molecule has 2 heterocycles. The minimum Gasteiger partial charge on any atom is -0.352 e. The van der Waals surface area contributed by atoms with Crippen molar-refractivity contribution >= 4 is 11.8 Å². The topological polar surface area (TPSA) is 67.2 Å². The van der Waals surface area contributed by atoms with Gasteiger partial charge >= 0.3 is 0 Å². The number of rotatable bonds is 7. The summed E-state index contributed by atoms with van der Waals surface area (Å²) in [4.78, 5) is 31.0. The number of imidazole rings is 1. The number of hydrogen-bond donors (Lipinski definition) is 1. The molecule has 2 amide bonds. The summed E-state index contributed by atoms with van der Waals surface area (Å²) in [5, 5.41) is 2.88. The van der Waals surface area contributed by atoms with Crippen molar-refractivity contribution in [2.45, 2.75) is 13.0 Å². The molecule has 0 fully saturated rings. The fourth-order valence-electron chi connectivity index (χ4n) is 3.33. The molecule has 0 atom stereocenters. The Kier molecular flexibility index (Phi) is 6.59. The molecule has 0 saturated heterocycles. The molecular weight excluding hydrogens is 400 g/mol. The zero-order valence-corrected chi connectivity index (χ0v) is 17.4. The summed E-state index contributed by atoms with van der Waals surface area (Å²) in [7, 11) is 0. The summed E-state index contributed by atoms with van der Waals surface area (Å²) in [6, 6.07) is 10.1. The standard InChI is InChI=1S/C26H22N4O2/c31-25-17-22(11-8-16-30(25)23-12-6-1-2-7-13-23)26(32)28-15-14-24-18-27-20-29(24)19-21-9-4-3-5-10-21/h1,3-7,9-13,16-18,20H,14-15,19H2,(H,28,32). The predicted molar refractivity (Wildman–Crippen MR) is 122 cm³/mol. The fourth-order valence-corrected chi connectivity index (χ4v) is 3.33. The first kappa shape index (κ1) is 20.9. The van der Waals surface area contributed by atoms with Gasteiger partial charge in [0, 0.05) is 43.2 Å². The third kappa shape index (κ3) is 5.21. The lowest BCUT2D eigenvalue weighted by Crippen LogP contribution is -2.28. The van der Waals surface area contributed by atoms with Crippen LogP contribution in [0.2, 0.25) is 0 Å². The first-order chi connectivity index (χ1) is 15.7. The third-order valence-electron chi connectivity index (χ3n) is 4.97. The van der Waals surface area contributed by atoms with Crippen LogP contribution in [0.5, 0.6) is 0 Å². The summed E-state index contributed by atoms with van der Waals surface area (Å²) in [6.45, 7) is 1.15. The Labute approximate surface area is 186 Å².